The Morgan fingerprint density at radius 1 is 0.976 bits per heavy atom. The lowest BCUT2D eigenvalue weighted by Gasteiger charge is -2.26. The van der Waals surface area contributed by atoms with Crippen LogP contribution in [0.25, 0.3) is 10.9 Å². The van der Waals surface area contributed by atoms with E-state index in [4.69, 9.17) is 24.4 Å². The van der Waals surface area contributed by atoms with Gasteiger partial charge in [-0.25, -0.2) is 14.2 Å². The van der Waals surface area contributed by atoms with Gasteiger partial charge in [0.15, 0.2) is 0 Å². The van der Waals surface area contributed by atoms with Crippen LogP contribution in [0.4, 0.5) is 15.3 Å². The van der Waals surface area contributed by atoms with E-state index in [1.54, 1.807) is 59.7 Å². The van der Waals surface area contributed by atoms with Crippen molar-refractivity contribution in [2.75, 3.05) is 44.8 Å². The molecule has 0 atom stereocenters. The molecule has 0 radical (unpaired) electrons. The van der Waals surface area contributed by atoms with Gasteiger partial charge in [-0.2, -0.15) is 0 Å². The van der Waals surface area contributed by atoms with Crippen LogP contribution in [-0.4, -0.2) is 83.1 Å². The second-order valence-electron chi connectivity index (χ2n) is 12.1. The summed E-state index contributed by atoms with van der Waals surface area (Å²) in [5.41, 5.74) is -0.484. The molecule has 0 unspecified atom stereocenters. The van der Waals surface area contributed by atoms with E-state index in [9.17, 15) is 14.7 Å². The van der Waals surface area contributed by atoms with E-state index < -0.39 is 23.4 Å². The first-order valence-electron chi connectivity index (χ1n) is 13.9. The van der Waals surface area contributed by atoms with Crippen molar-refractivity contribution in [3.05, 3.63) is 53.7 Å². The van der Waals surface area contributed by atoms with Gasteiger partial charge in [-0.1, -0.05) is 0 Å². The number of benzene rings is 2. The van der Waals surface area contributed by atoms with Gasteiger partial charge in [-0.15, -0.1) is 0 Å². The van der Waals surface area contributed by atoms with Crippen LogP contribution in [0.2, 0.25) is 0 Å². The van der Waals surface area contributed by atoms with Crippen molar-refractivity contribution >= 4 is 34.5 Å². The largest absolute Gasteiger partial charge is 0.508 e. The molecular weight excluding hydrogens is 540 g/mol. The van der Waals surface area contributed by atoms with E-state index >= 15 is 0 Å². The summed E-state index contributed by atoms with van der Waals surface area (Å²) in [6, 6.07) is 11.3. The number of phenolic OH excluding ortho intramolecular Hbond substituents is 1. The number of hydrogen-bond donors (Lipinski definition) is 3. The SMILES string of the molecule is CC(C)(C)OC(=O)Nc1ccc(O)cc1C(=N)c1cc2cc(OCCN3CCOCC3)ccc2n1C(=O)OC(C)(C)C. The molecule has 2 heterocycles. The van der Waals surface area contributed by atoms with Gasteiger partial charge in [-0.3, -0.25) is 15.6 Å². The number of hydrogen-bond acceptors (Lipinski definition) is 9. The number of nitrogens with one attached hydrogen (secondary N) is 2. The fourth-order valence-electron chi connectivity index (χ4n) is 4.49. The fraction of sp³-hybridized carbons (Fsp3) is 0.452. The number of anilines is 1. The number of amides is 1. The van der Waals surface area contributed by atoms with Crippen LogP contribution in [0.3, 0.4) is 0 Å². The van der Waals surface area contributed by atoms with Crippen molar-refractivity contribution in [1.29, 1.82) is 5.41 Å². The zero-order valence-electron chi connectivity index (χ0n) is 25.1. The van der Waals surface area contributed by atoms with E-state index in [0.717, 1.165) is 19.6 Å². The molecule has 0 aliphatic carbocycles. The molecule has 11 heteroatoms. The number of ether oxygens (including phenoxy) is 4. The molecule has 3 aromatic rings. The van der Waals surface area contributed by atoms with Crippen LogP contribution in [0, 0.1) is 5.41 Å². The van der Waals surface area contributed by atoms with Crippen LogP contribution in [0.15, 0.2) is 42.5 Å². The molecule has 1 amide bonds. The number of carbonyl (C=O) groups excluding carboxylic acids is 2. The van der Waals surface area contributed by atoms with E-state index in [1.165, 1.54) is 22.8 Å². The summed E-state index contributed by atoms with van der Waals surface area (Å²) in [7, 11) is 0. The second kappa shape index (κ2) is 12.4. The molecule has 1 aliphatic heterocycles. The van der Waals surface area contributed by atoms with Crippen molar-refractivity contribution in [3.63, 3.8) is 0 Å². The van der Waals surface area contributed by atoms with E-state index in [0.29, 0.717) is 36.5 Å². The summed E-state index contributed by atoms with van der Waals surface area (Å²) in [5, 5.41) is 22.7. The van der Waals surface area contributed by atoms with Crippen LogP contribution < -0.4 is 10.1 Å². The first-order valence-corrected chi connectivity index (χ1v) is 13.9. The van der Waals surface area contributed by atoms with Crippen LogP contribution in [0.1, 0.15) is 52.8 Å². The Labute approximate surface area is 245 Å². The Morgan fingerprint density at radius 2 is 1.67 bits per heavy atom. The first kappa shape index (κ1) is 30.9. The van der Waals surface area contributed by atoms with Crippen LogP contribution in [-0.2, 0) is 14.2 Å². The number of fused-ring (bicyclic) bond motifs is 1. The summed E-state index contributed by atoms with van der Waals surface area (Å²) in [5.74, 6) is 0.514. The minimum absolute atomic E-state index is 0.111. The molecule has 1 saturated heterocycles. The summed E-state index contributed by atoms with van der Waals surface area (Å²) >= 11 is 0. The summed E-state index contributed by atoms with van der Waals surface area (Å²) in [6.45, 7) is 14.9. The fourth-order valence-corrected chi connectivity index (χ4v) is 4.49. The lowest BCUT2D eigenvalue weighted by molar-refractivity contribution is 0.0322. The van der Waals surface area contributed by atoms with Gasteiger partial charge in [0.1, 0.15) is 29.3 Å². The molecule has 1 fully saturated rings. The predicted molar refractivity (Wildman–Crippen MR) is 160 cm³/mol. The zero-order chi connectivity index (χ0) is 30.7. The molecule has 0 bridgehead atoms. The van der Waals surface area contributed by atoms with E-state index in [-0.39, 0.29) is 28.4 Å². The maximum atomic E-state index is 13.5. The summed E-state index contributed by atoms with van der Waals surface area (Å²) in [4.78, 5) is 28.3. The normalized spacial score (nSPS) is 14.4. The highest BCUT2D eigenvalue weighted by atomic mass is 16.6. The van der Waals surface area contributed by atoms with Gasteiger partial charge >= 0.3 is 12.2 Å². The highest BCUT2D eigenvalue weighted by molar-refractivity contribution is 6.18. The van der Waals surface area contributed by atoms with Crippen molar-refractivity contribution < 1.29 is 33.6 Å². The average Bonchev–Trinajstić information content (AvgIpc) is 3.27. The van der Waals surface area contributed by atoms with Crippen molar-refractivity contribution in [1.82, 2.24) is 9.47 Å². The number of nitrogens with zero attached hydrogens (tertiary/aromatic N) is 2. The minimum atomic E-state index is -0.788. The minimum Gasteiger partial charge on any atom is -0.508 e. The average molecular weight is 581 g/mol. The third-order valence-corrected chi connectivity index (χ3v) is 6.29. The topological polar surface area (TPSA) is 135 Å². The highest BCUT2D eigenvalue weighted by Gasteiger charge is 2.26. The molecule has 0 spiro atoms. The van der Waals surface area contributed by atoms with Crippen LogP contribution >= 0.6 is 0 Å². The monoisotopic (exact) mass is 580 g/mol. The maximum absolute atomic E-state index is 13.5. The van der Waals surface area contributed by atoms with Gasteiger partial charge in [0, 0.05) is 30.6 Å². The molecule has 1 aliphatic rings. The van der Waals surface area contributed by atoms with Gasteiger partial charge < -0.3 is 24.1 Å². The summed E-state index contributed by atoms with van der Waals surface area (Å²) in [6.07, 6.45) is -1.38. The van der Waals surface area contributed by atoms with Gasteiger partial charge in [-0.05, 0) is 84.0 Å². The van der Waals surface area contributed by atoms with Crippen molar-refractivity contribution in [2.24, 2.45) is 0 Å². The molecule has 226 valence electrons. The molecule has 4 rings (SSSR count). The first-order chi connectivity index (χ1) is 19.7. The summed E-state index contributed by atoms with van der Waals surface area (Å²) < 4.78 is 23.8. The molecule has 2 aromatic carbocycles. The third-order valence-electron chi connectivity index (χ3n) is 6.29. The molecule has 0 saturated carbocycles. The Kier molecular flexibility index (Phi) is 9.12. The Balaban J connectivity index is 1.69. The number of phenols is 1. The molecular formula is C31H40N4O7. The third kappa shape index (κ3) is 8.01. The van der Waals surface area contributed by atoms with E-state index in [2.05, 4.69) is 10.2 Å². The van der Waals surface area contributed by atoms with Gasteiger partial charge in [0.25, 0.3) is 0 Å². The molecule has 1 aromatic heterocycles. The molecule has 11 nitrogen and oxygen atoms in total. The van der Waals surface area contributed by atoms with Crippen LogP contribution in [0.5, 0.6) is 11.5 Å². The van der Waals surface area contributed by atoms with Gasteiger partial charge in [0.05, 0.1) is 35.8 Å². The zero-order valence-corrected chi connectivity index (χ0v) is 25.1. The van der Waals surface area contributed by atoms with Gasteiger partial charge in [0.2, 0.25) is 0 Å². The van der Waals surface area contributed by atoms with E-state index in [1.807, 2.05) is 6.07 Å². The number of morpholine rings is 1. The van der Waals surface area contributed by atoms with Crippen molar-refractivity contribution in [3.8, 4) is 11.5 Å². The Hall–Kier alpha value is -4.09. The molecule has 42 heavy (non-hydrogen) atoms. The predicted octanol–water partition coefficient (Wildman–Crippen LogP) is 5.60. The smallest absolute Gasteiger partial charge is 0.419 e. The standard InChI is InChI=1S/C31H40N4O7/c1-30(2,3)41-28(37)33-24-9-7-21(36)19-23(24)27(32)26-18-20-17-22(40-16-13-34-11-14-39-15-12-34)8-10-25(20)35(26)29(38)42-31(4,5)6/h7-10,17-19,32,36H,11-16H2,1-6H3,(H,33,37). The lowest BCUT2D eigenvalue weighted by atomic mass is 10.0. The highest BCUT2D eigenvalue weighted by Crippen LogP contribution is 2.30. The number of rotatable bonds is 7. The Bertz CT molecular complexity index is 1460. The van der Waals surface area contributed by atoms with Crippen molar-refractivity contribution in [2.45, 2.75) is 52.7 Å². The number of aromatic hydroxyl groups is 1. The second-order valence-corrected chi connectivity index (χ2v) is 12.1. The number of carbonyl (C=O) groups is 2. The maximum Gasteiger partial charge on any atom is 0.419 e. The molecule has 3 N–H and O–H groups in total. The Morgan fingerprint density at radius 3 is 2.33 bits per heavy atom. The number of aromatic nitrogens is 1. The quantitative estimate of drug-likeness (QED) is 0.243. The lowest BCUT2D eigenvalue weighted by Crippen LogP contribution is -2.38.